The summed E-state index contributed by atoms with van der Waals surface area (Å²) in [6, 6.07) is 22.7. The van der Waals surface area contributed by atoms with Crippen LogP contribution < -0.4 is 16.2 Å². The molecular formula is C27H24N4O5. The molecule has 4 aromatic rings. The number of esters is 1. The van der Waals surface area contributed by atoms with Gasteiger partial charge in [0.25, 0.3) is 17.4 Å². The van der Waals surface area contributed by atoms with Gasteiger partial charge in [-0.05, 0) is 36.8 Å². The number of benzene rings is 3. The quantitative estimate of drug-likeness (QED) is 0.371. The molecule has 2 amide bonds. The van der Waals surface area contributed by atoms with E-state index in [0.717, 1.165) is 11.8 Å². The highest BCUT2D eigenvalue weighted by atomic mass is 16.5. The van der Waals surface area contributed by atoms with Gasteiger partial charge in [0.05, 0.1) is 34.5 Å². The van der Waals surface area contributed by atoms with E-state index >= 15 is 0 Å². The lowest BCUT2D eigenvalue weighted by atomic mass is 10.1. The first kappa shape index (κ1) is 24.3. The molecule has 36 heavy (non-hydrogen) atoms. The minimum atomic E-state index is -0.758. The van der Waals surface area contributed by atoms with Crippen molar-refractivity contribution >= 4 is 34.5 Å². The Balaban J connectivity index is 1.37. The smallest absolute Gasteiger partial charge is 0.326 e. The predicted molar refractivity (Wildman–Crippen MR) is 134 cm³/mol. The number of rotatable bonds is 8. The molecule has 0 fully saturated rings. The summed E-state index contributed by atoms with van der Waals surface area (Å²) < 4.78 is 6.31. The molecular weight excluding hydrogens is 460 g/mol. The maximum Gasteiger partial charge on any atom is 0.326 e. The molecule has 1 aromatic heterocycles. The van der Waals surface area contributed by atoms with Crippen molar-refractivity contribution in [1.29, 1.82) is 0 Å². The number of carbonyl (C=O) groups excluding carboxylic acids is 3. The minimum absolute atomic E-state index is 0.240. The lowest BCUT2D eigenvalue weighted by Gasteiger charge is -2.16. The van der Waals surface area contributed by atoms with Gasteiger partial charge in [-0.15, -0.1) is 0 Å². The normalized spacial score (nSPS) is 11.5. The maximum atomic E-state index is 12.9. The Labute approximate surface area is 206 Å². The third kappa shape index (κ3) is 5.82. The zero-order valence-corrected chi connectivity index (χ0v) is 19.5. The average molecular weight is 485 g/mol. The van der Waals surface area contributed by atoms with E-state index in [1.807, 2.05) is 37.3 Å². The zero-order chi connectivity index (χ0) is 25.5. The number of hydrogen-bond acceptors (Lipinski definition) is 6. The lowest BCUT2D eigenvalue weighted by molar-refractivity contribution is -0.147. The summed E-state index contributed by atoms with van der Waals surface area (Å²) in [4.78, 5) is 53.9. The molecule has 9 nitrogen and oxygen atoms in total. The number of amides is 2. The highest BCUT2D eigenvalue weighted by Gasteiger charge is 2.17. The number of carbonyl (C=O) groups is 3. The molecule has 0 saturated carbocycles. The SMILES string of the molecule is CC(NC(=O)c1ccccc1NC(=O)COC(=O)Cn1c(=O)cnc2ccccc21)c1ccccc1. The van der Waals surface area contributed by atoms with Crippen molar-refractivity contribution in [2.45, 2.75) is 19.5 Å². The predicted octanol–water partition coefficient (Wildman–Crippen LogP) is 3.07. The van der Waals surface area contributed by atoms with Gasteiger partial charge >= 0.3 is 5.97 Å². The second-order valence-electron chi connectivity index (χ2n) is 8.03. The van der Waals surface area contributed by atoms with Gasteiger partial charge in [-0.2, -0.15) is 0 Å². The molecule has 1 heterocycles. The van der Waals surface area contributed by atoms with E-state index in [4.69, 9.17) is 4.74 Å². The molecule has 4 rings (SSSR count). The molecule has 0 radical (unpaired) electrons. The molecule has 0 aliphatic rings. The van der Waals surface area contributed by atoms with Gasteiger partial charge in [0.15, 0.2) is 6.61 Å². The van der Waals surface area contributed by atoms with Crippen LogP contribution in [0.25, 0.3) is 11.0 Å². The number of aromatic nitrogens is 2. The number of nitrogens with one attached hydrogen (secondary N) is 2. The highest BCUT2D eigenvalue weighted by molar-refractivity contribution is 6.04. The number of fused-ring (bicyclic) bond motifs is 1. The van der Waals surface area contributed by atoms with E-state index < -0.39 is 24.0 Å². The molecule has 182 valence electrons. The summed E-state index contributed by atoms with van der Waals surface area (Å²) in [5.41, 5.74) is 2.08. The van der Waals surface area contributed by atoms with Crippen LogP contribution in [0.15, 0.2) is 89.9 Å². The van der Waals surface area contributed by atoms with Crippen molar-refractivity contribution in [3.63, 3.8) is 0 Å². The molecule has 0 bridgehead atoms. The highest BCUT2D eigenvalue weighted by Crippen LogP contribution is 2.18. The summed E-state index contributed by atoms with van der Waals surface area (Å²) in [5.74, 6) is -1.74. The van der Waals surface area contributed by atoms with Crippen LogP contribution in [0.4, 0.5) is 5.69 Å². The first-order chi connectivity index (χ1) is 17.4. The molecule has 2 N–H and O–H groups in total. The van der Waals surface area contributed by atoms with Crippen molar-refractivity contribution in [1.82, 2.24) is 14.9 Å². The zero-order valence-electron chi connectivity index (χ0n) is 19.5. The first-order valence-corrected chi connectivity index (χ1v) is 11.3. The number of ether oxygens (including phenoxy) is 1. The molecule has 1 unspecified atom stereocenters. The van der Waals surface area contributed by atoms with Crippen molar-refractivity contribution < 1.29 is 19.1 Å². The van der Waals surface area contributed by atoms with E-state index in [1.165, 1.54) is 4.57 Å². The minimum Gasteiger partial charge on any atom is -0.454 e. The van der Waals surface area contributed by atoms with Gasteiger partial charge in [-0.25, -0.2) is 4.98 Å². The summed E-state index contributed by atoms with van der Waals surface area (Å²) in [7, 11) is 0. The van der Waals surface area contributed by atoms with Crippen LogP contribution in [0.5, 0.6) is 0 Å². The fraction of sp³-hybridized carbons (Fsp3) is 0.148. The van der Waals surface area contributed by atoms with Gasteiger partial charge in [-0.1, -0.05) is 54.6 Å². The maximum absolute atomic E-state index is 12.9. The number of para-hydroxylation sites is 3. The van der Waals surface area contributed by atoms with Crippen LogP contribution in [-0.2, 0) is 20.9 Å². The Morgan fingerprint density at radius 2 is 1.64 bits per heavy atom. The van der Waals surface area contributed by atoms with Crippen LogP contribution >= 0.6 is 0 Å². The molecule has 9 heteroatoms. The Morgan fingerprint density at radius 1 is 0.944 bits per heavy atom. The topological polar surface area (TPSA) is 119 Å². The molecule has 0 spiro atoms. The standard InChI is InChI=1S/C27H24N4O5/c1-18(19-9-3-2-4-10-19)29-27(35)20-11-5-6-12-21(20)30-24(32)17-36-26(34)16-31-23-14-8-7-13-22(23)28-15-25(31)33/h2-15,18H,16-17H2,1H3,(H,29,35)(H,30,32). The molecule has 3 aromatic carbocycles. The van der Waals surface area contributed by atoms with Crippen LogP contribution in [0.3, 0.4) is 0 Å². The number of hydrogen-bond donors (Lipinski definition) is 2. The van der Waals surface area contributed by atoms with Gasteiger partial charge in [0, 0.05) is 0 Å². The molecule has 0 saturated heterocycles. The second kappa shape index (κ2) is 11.1. The molecule has 0 aliphatic carbocycles. The van der Waals surface area contributed by atoms with Crippen LogP contribution in [-0.4, -0.2) is 33.9 Å². The van der Waals surface area contributed by atoms with Crippen molar-refractivity contribution in [3.8, 4) is 0 Å². The summed E-state index contributed by atoms with van der Waals surface area (Å²) >= 11 is 0. The summed E-state index contributed by atoms with van der Waals surface area (Å²) in [6.07, 6.45) is 1.13. The van der Waals surface area contributed by atoms with Crippen LogP contribution in [0.2, 0.25) is 0 Å². The van der Waals surface area contributed by atoms with Gasteiger partial charge in [0.1, 0.15) is 6.54 Å². The summed E-state index contributed by atoms with van der Waals surface area (Å²) in [6.45, 7) is 0.920. The monoisotopic (exact) mass is 484 g/mol. The molecule has 0 aliphatic heterocycles. The van der Waals surface area contributed by atoms with Gasteiger partial charge in [-0.3, -0.25) is 23.7 Å². The average Bonchev–Trinajstić information content (AvgIpc) is 2.90. The van der Waals surface area contributed by atoms with E-state index in [9.17, 15) is 19.2 Å². The fourth-order valence-corrected chi connectivity index (χ4v) is 3.67. The van der Waals surface area contributed by atoms with E-state index in [1.54, 1.807) is 48.5 Å². The van der Waals surface area contributed by atoms with Crippen molar-refractivity contribution in [3.05, 3.63) is 107 Å². The Hall–Kier alpha value is -4.79. The van der Waals surface area contributed by atoms with Crippen LogP contribution in [0, 0.1) is 0 Å². The summed E-state index contributed by atoms with van der Waals surface area (Å²) in [5, 5.41) is 5.52. The molecule has 1 atom stereocenters. The van der Waals surface area contributed by atoms with Crippen molar-refractivity contribution in [2.75, 3.05) is 11.9 Å². The Kier molecular flexibility index (Phi) is 7.50. The van der Waals surface area contributed by atoms with Crippen LogP contribution in [0.1, 0.15) is 28.9 Å². The Bertz CT molecular complexity index is 1470. The fourth-order valence-electron chi connectivity index (χ4n) is 3.67. The van der Waals surface area contributed by atoms with E-state index in [-0.39, 0.29) is 29.7 Å². The largest absolute Gasteiger partial charge is 0.454 e. The third-order valence-electron chi connectivity index (χ3n) is 5.50. The number of anilines is 1. The Morgan fingerprint density at radius 3 is 2.44 bits per heavy atom. The first-order valence-electron chi connectivity index (χ1n) is 11.3. The van der Waals surface area contributed by atoms with Crippen molar-refractivity contribution in [2.24, 2.45) is 0 Å². The van der Waals surface area contributed by atoms with E-state index in [0.29, 0.717) is 11.0 Å². The number of nitrogens with zero attached hydrogens (tertiary/aromatic N) is 2. The third-order valence-corrected chi connectivity index (χ3v) is 5.50. The van der Waals surface area contributed by atoms with Gasteiger partial charge in [0.2, 0.25) is 0 Å². The van der Waals surface area contributed by atoms with Gasteiger partial charge < -0.3 is 15.4 Å². The second-order valence-corrected chi connectivity index (χ2v) is 8.03. The lowest BCUT2D eigenvalue weighted by Crippen LogP contribution is -2.29. The van der Waals surface area contributed by atoms with E-state index in [2.05, 4.69) is 15.6 Å².